The number of Topliss-reactive ketones (excluding diaryl/α,β-unsaturated/α-hetero) is 1. The topological polar surface area (TPSA) is 76.0 Å². The fourth-order valence-corrected chi connectivity index (χ4v) is 1.82. The van der Waals surface area contributed by atoms with Crippen molar-refractivity contribution in [1.82, 2.24) is 4.57 Å². The van der Waals surface area contributed by atoms with Gasteiger partial charge in [0.2, 0.25) is 0 Å². The van der Waals surface area contributed by atoms with E-state index in [0.29, 0.717) is 23.1 Å². The van der Waals surface area contributed by atoms with Crippen molar-refractivity contribution in [2.45, 2.75) is 13.3 Å². The van der Waals surface area contributed by atoms with Gasteiger partial charge >= 0.3 is 5.76 Å². The molecule has 1 unspecified atom stereocenters. The third kappa shape index (κ3) is 1.82. The van der Waals surface area contributed by atoms with E-state index in [2.05, 4.69) is 0 Å². The van der Waals surface area contributed by atoms with Crippen molar-refractivity contribution in [1.29, 1.82) is 5.26 Å². The third-order valence-corrected chi connectivity index (χ3v) is 2.96. The highest BCUT2D eigenvalue weighted by Gasteiger charge is 2.19. The molecule has 0 bridgehead atoms. The van der Waals surface area contributed by atoms with Crippen LogP contribution in [0.4, 0.5) is 0 Å². The number of carbonyl (C=O) groups is 1. The summed E-state index contributed by atoms with van der Waals surface area (Å²) in [6.45, 7) is 1.78. The Morgan fingerprint density at radius 1 is 1.56 bits per heavy atom. The maximum Gasteiger partial charge on any atom is 0.419 e. The molecule has 0 aliphatic carbocycles. The summed E-state index contributed by atoms with van der Waals surface area (Å²) in [5.41, 5.74) is 1.38. The highest BCUT2D eigenvalue weighted by molar-refractivity contribution is 6.01. The number of benzene rings is 1. The molecule has 2 aromatic rings. The Morgan fingerprint density at radius 2 is 2.28 bits per heavy atom. The number of nitriles is 1. The summed E-state index contributed by atoms with van der Waals surface area (Å²) in [6.07, 6.45) is 0.464. The van der Waals surface area contributed by atoms with Crippen LogP contribution in [0.1, 0.15) is 23.7 Å². The molecule has 5 nitrogen and oxygen atoms in total. The molecule has 0 saturated heterocycles. The molecule has 5 heteroatoms. The van der Waals surface area contributed by atoms with Crippen LogP contribution < -0.4 is 5.76 Å². The summed E-state index contributed by atoms with van der Waals surface area (Å²) >= 11 is 0. The maximum atomic E-state index is 12.0. The van der Waals surface area contributed by atoms with Gasteiger partial charge in [0.1, 0.15) is 5.92 Å². The second-order valence-corrected chi connectivity index (χ2v) is 4.06. The zero-order chi connectivity index (χ0) is 13.3. The number of aromatic nitrogens is 1. The average molecular weight is 244 g/mol. The molecule has 0 amide bonds. The number of carbonyl (C=O) groups excluding carboxylic acids is 1. The normalized spacial score (nSPS) is 12.3. The number of hydrogen-bond acceptors (Lipinski definition) is 4. The van der Waals surface area contributed by atoms with Gasteiger partial charge in [0, 0.05) is 12.6 Å². The first-order valence-electron chi connectivity index (χ1n) is 5.62. The molecular formula is C13H12N2O3. The molecule has 0 spiro atoms. The zero-order valence-corrected chi connectivity index (χ0v) is 10.1. The fourth-order valence-electron chi connectivity index (χ4n) is 1.82. The van der Waals surface area contributed by atoms with Crippen LogP contribution >= 0.6 is 0 Å². The lowest BCUT2D eigenvalue weighted by Gasteiger charge is -2.04. The molecular weight excluding hydrogens is 232 g/mol. The van der Waals surface area contributed by atoms with Crippen molar-refractivity contribution in [2.75, 3.05) is 0 Å². The van der Waals surface area contributed by atoms with Gasteiger partial charge in [-0.15, -0.1) is 0 Å². The van der Waals surface area contributed by atoms with Crippen LogP contribution in [-0.4, -0.2) is 10.4 Å². The van der Waals surface area contributed by atoms with E-state index in [4.69, 9.17) is 9.68 Å². The molecule has 0 aliphatic heterocycles. The van der Waals surface area contributed by atoms with E-state index in [9.17, 15) is 9.59 Å². The first-order valence-corrected chi connectivity index (χ1v) is 5.62. The molecule has 2 rings (SSSR count). The van der Waals surface area contributed by atoms with Crippen molar-refractivity contribution >= 4 is 16.9 Å². The molecule has 0 radical (unpaired) electrons. The number of hydrogen-bond donors (Lipinski definition) is 0. The van der Waals surface area contributed by atoms with Crippen molar-refractivity contribution in [3.05, 3.63) is 34.3 Å². The molecule has 18 heavy (non-hydrogen) atoms. The maximum absolute atomic E-state index is 12.0. The number of ketones is 1. The van der Waals surface area contributed by atoms with Crippen LogP contribution in [0.25, 0.3) is 11.1 Å². The molecule has 1 heterocycles. The van der Waals surface area contributed by atoms with E-state index >= 15 is 0 Å². The van der Waals surface area contributed by atoms with Gasteiger partial charge in [0.25, 0.3) is 0 Å². The summed E-state index contributed by atoms with van der Waals surface area (Å²) in [7, 11) is 1.60. The van der Waals surface area contributed by atoms with Gasteiger partial charge < -0.3 is 4.42 Å². The lowest BCUT2D eigenvalue weighted by atomic mass is 9.96. The highest BCUT2D eigenvalue weighted by atomic mass is 16.4. The number of aryl methyl sites for hydroxylation is 1. The van der Waals surface area contributed by atoms with Gasteiger partial charge in [0.05, 0.1) is 11.6 Å². The smallest absolute Gasteiger partial charge is 0.408 e. The largest absolute Gasteiger partial charge is 0.419 e. The van der Waals surface area contributed by atoms with Crippen LogP contribution in [-0.2, 0) is 7.05 Å². The van der Waals surface area contributed by atoms with Gasteiger partial charge in [-0.3, -0.25) is 9.36 Å². The summed E-state index contributed by atoms with van der Waals surface area (Å²) < 4.78 is 6.38. The molecule has 1 aromatic carbocycles. The molecule has 92 valence electrons. The van der Waals surface area contributed by atoms with E-state index in [1.54, 1.807) is 26.1 Å². The van der Waals surface area contributed by atoms with Crippen molar-refractivity contribution in [2.24, 2.45) is 13.0 Å². The molecule has 0 saturated carbocycles. The first kappa shape index (κ1) is 12.1. The van der Waals surface area contributed by atoms with E-state index in [0.717, 1.165) is 0 Å². The lowest BCUT2D eigenvalue weighted by molar-refractivity contribution is 0.0946. The highest BCUT2D eigenvalue weighted by Crippen LogP contribution is 2.18. The van der Waals surface area contributed by atoms with Crippen LogP contribution in [0.3, 0.4) is 0 Å². The molecule has 0 N–H and O–H groups in total. The van der Waals surface area contributed by atoms with E-state index in [-0.39, 0.29) is 5.78 Å². The van der Waals surface area contributed by atoms with Gasteiger partial charge in [0.15, 0.2) is 11.4 Å². The Kier molecular flexibility index (Phi) is 3.02. The minimum atomic E-state index is -0.655. The summed E-state index contributed by atoms with van der Waals surface area (Å²) in [5, 5.41) is 8.87. The Hall–Kier alpha value is -2.35. The Morgan fingerprint density at radius 3 is 2.89 bits per heavy atom. The second kappa shape index (κ2) is 4.49. The van der Waals surface area contributed by atoms with Crippen molar-refractivity contribution in [3.8, 4) is 6.07 Å². The van der Waals surface area contributed by atoms with Gasteiger partial charge in [-0.1, -0.05) is 6.92 Å². The standard InChI is InChI=1S/C13H12N2O3/c1-3-8(7-14)12(16)9-4-5-10-11(6-9)18-13(17)15(10)2/h4-6,8H,3H2,1-2H3. The Bertz CT molecular complexity index is 703. The summed E-state index contributed by atoms with van der Waals surface area (Å²) in [6, 6.07) is 6.74. The van der Waals surface area contributed by atoms with Gasteiger partial charge in [-0.2, -0.15) is 5.26 Å². The third-order valence-electron chi connectivity index (χ3n) is 2.96. The minimum Gasteiger partial charge on any atom is -0.408 e. The second-order valence-electron chi connectivity index (χ2n) is 4.06. The predicted octanol–water partition coefficient (Wildman–Crippen LogP) is 1.86. The fraction of sp³-hybridized carbons (Fsp3) is 0.308. The average Bonchev–Trinajstić information content (AvgIpc) is 2.66. The van der Waals surface area contributed by atoms with E-state index in [1.165, 1.54) is 10.6 Å². The van der Waals surface area contributed by atoms with E-state index < -0.39 is 11.7 Å². The van der Waals surface area contributed by atoms with Crippen LogP contribution in [0.2, 0.25) is 0 Å². The molecule has 1 atom stereocenters. The Labute approximate surface area is 103 Å². The van der Waals surface area contributed by atoms with Crippen molar-refractivity contribution in [3.63, 3.8) is 0 Å². The molecule has 0 aliphatic rings. The number of nitrogens with zero attached hydrogens (tertiary/aromatic N) is 2. The SMILES string of the molecule is CCC(C#N)C(=O)c1ccc2c(c1)oc(=O)n2C. The van der Waals surface area contributed by atoms with Gasteiger partial charge in [-0.25, -0.2) is 4.79 Å². The zero-order valence-electron chi connectivity index (χ0n) is 10.1. The summed E-state index contributed by atoms with van der Waals surface area (Å²) in [4.78, 5) is 23.3. The van der Waals surface area contributed by atoms with Crippen molar-refractivity contribution < 1.29 is 9.21 Å². The predicted molar refractivity (Wildman–Crippen MR) is 65.2 cm³/mol. The minimum absolute atomic E-state index is 0.242. The quantitative estimate of drug-likeness (QED) is 0.772. The van der Waals surface area contributed by atoms with Crippen LogP contribution in [0, 0.1) is 17.2 Å². The van der Waals surface area contributed by atoms with E-state index in [1.807, 2.05) is 6.07 Å². The van der Waals surface area contributed by atoms with Crippen LogP contribution in [0.15, 0.2) is 27.4 Å². The van der Waals surface area contributed by atoms with Gasteiger partial charge in [-0.05, 0) is 24.6 Å². The monoisotopic (exact) mass is 244 g/mol. The molecule has 0 fully saturated rings. The number of oxazole rings is 1. The first-order chi connectivity index (χ1) is 8.58. The Balaban J connectivity index is 2.52. The summed E-state index contributed by atoms with van der Waals surface area (Å²) in [5.74, 6) is -1.37. The van der Waals surface area contributed by atoms with Crippen LogP contribution in [0.5, 0.6) is 0 Å². The number of rotatable bonds is 3. The lowest BCUT2D eigenvalue weighted by Crippen LogP contribution is -2.11. The number of fused-ring (bicyclic) bond motifs is 1. The molecule has 1 aromatic heterocycles.